The maximum absolute atomic E-state index is 14.2. The molecule has 1 aliphatic rings. The first-order chi connectivity index (χ1) is 22.8. The highest BCUT2D eigenvalue weighted by Crippen LogP contribution is 2.46. The molecule has 238 valence electrons. The number of anilines is 1. The van der Waals surface area contributed by atoms with Crippen LogP contribution in [0.2, 0.25) is 5.02 Å². The minimum atomic E-state index is -1.08. The maximum atomic E-state index is 14.2. The van der Waals surface area contributed by atoms with Gasteiger partial charge >= 0.3 is 5.91 Å². The Kier molecular flexibility index (Phi) is 9.86. The van der Waals surface area contributed by atoms with Crippen LogP contribution < -0.4 is 14.4 Å². The molecule has 1 saturated heterocycles. The Labute approximate surface area is 283 Å². The quantitative estimate of drug-likeness (QED) is 0.0487. The molecule has 12 heteroatoms. The minimum Gasteiger partial charge on any atom is -0.507 e. The van der Waals surface area contributed by atoms with E-state index < -0.39 is 17.7 Å². The zero-order chi connectivity index (χ0) is 32.9. The number of thioether (sulfide) groups is 1. The molecule has 1 fully saturated rings. The molecule has 1 aromatic heterocycles. The Balaban J connectivity index is 1.39. The van der Waals surface area contributed by atoms with Crippen LogP contribution in [0.3, 0.4) is 0 Å². The Bertz CT molecular complexity index is 1950. The highest BCUT2D eigenvalue weighted by atomic mass is 35.5. The van der Waals surface area contributed by atoms with E-state index in [2.05, 4.69) is 10.2 Å². The summed E-state index contributed by atoms with van der Waals surface area (Å²) in [6.45, 7) is 2.46. The minimum absolute atomic E-state index is 0.131. The van der Waals surface area contributed by atoms with Crippen LogP contribution >= 0.6 is 34.7 Å². The van der Waals surface area contributed by atoms with Crippen LogP contribution in [0, 0.1) is 5.82 Å². The van der Waals surface area contributed by atoms with Gasteiger partial charge < -0.3 is 14.6 Å². The first kappa shape index (κ1) is 32.2. The van der Waals surface area contributed by atoms with Crippen molar-refractivity contribution in [3.63, 3.8) is 0 Å². The number of carbonyl (C=O) groups is 2. The summed E-state index contributed by atoms with van der Waals surface area (Å²) in [4.78, 5) is 28.6. The number of aliphatic hydroxyl groups excluding tert-OH is 1. The smallest absolute Gasteiger partial charge is 0.301 e. The second kappa shape index (κ2) is 14.4. The van der Waals surface area contributed by atoms with Crippen molar-refractivity contribution >= 4 is 57.3 Å². The number of amides is 1. The average molecular weight is 688 g/mol. The molecule has 0 spiro atoms. The van der Waals surface area contributed by atoms with Gasteiger partial charge in [0.25, 0.3) is 5.78 Å². The standard InChI is InChI=1S/C35H27ClFN3O5S2/c1-2-44-28-18-23(14-17-27(28)45-19-21-8-4-3-5-9-21)30-29(31(41)22-12-15-25(36)16-13-22)32(42)33(43)40(30)34-38-39-35(47-34)46-20-24-10-6-7-11-26(24)37/h3-18,30,41H,2,19-20H2,1H3/b31-29+. The van der Waals surface area contributed by atoms with Crippen LogP contribution in [-0.4, -0.2) is 33.6 Å². The first-order valence-corrected chi connectivity index (χ1v) is 16.7. The molecule has 1 N–H and O–H groups in total. The lowest BCUT2D eigenvalue weighted by Gasteiger charge is -2.23. The Morgan fingerprint density at radius 3 is 2.45 bits per heavy atom. The second-order valence-electron chi connectivity index (χ2n) is 10.3. The average Bonchev–Trinajstić information content (AvgIpc) is 3.66. The molecule has 1 amide bonds. The number of hydrogen-bond acceptors (Lipinski definition) is 9. The van der Waals surface area contributed by atoms with Crippen molar-refractivity contribution < 1.29 is 28.6 Å². The molecule has 1 unspecified atom stereocenters. The number of Topliss-reactive ketones (excluding diaryl/α,β-unsaturated/α-hetero) is 1. The number of carbonyl (C=O) groups excluding carboxylic acids is 2. The third-order valence-electron chi connectivity index (χ3n) is 7.29. The molecule has 0 saturated carbocycles. The summed E-state index contributed by atoms with van der Waals surface area (Å²) in [6.07, 6.45) is 0. The molecule has 8 nitrogen and oxygen atoms in total. The number of halogens is 2. The fourth-order valence-corrected chi connectivity index (χ4v) is 7.02. The SMILES string of the molecule is CCOc1cc(C2/C(=C(\O)c3ccc(Cl)cc3)C(=O)C(=O)N2c2nnc(SCc3ccccc3F)s2)ccc1OCc1ccccc1. The number of ether oxygens (including phenoxy) is 2. The molecule has 1 aliphatic heterocycles. The van der Waals surface area contributed by atoms with Gasteiger partial charge in [0.2, 0.25) is 5.13 Å². The van der Waals surface area contributed by atoms with Crippen molar-refractivity contribution in [2.75, 3.05) is 11.5 Å². The molecule has 2 heterocycles. The zero-order valence-corrected chi connectivity index (χ0v) is 27.3. The number of hydrogen-bond donors (Lipinski definition) is 1. The van der Waals surface area contributed by atoms with Gasteiger partial charge in [-0.3, -0.25) is 14.5 Å². The van der Waals surface area contributed by atoms with Gasteiger partial charge in [-0.05, 0) is 66.1 Å². The van der Waals surface area contributed by atoms with Gasteiger partial charge in [0, 0.05) is 16.3 Å². The summed E-state index contributed by atoms with van der Waals surface area (Å²) >= 11 is 8.41. The number of aliphatic hydroxyl groups is 1. The summed E-state index contributed by atoms with van der Waals surface area (Å²) in [5.41, 5.74) is 2.12. The lowest BCUT2D eigenvalue weighted by molar-refractivity contribution is -0.132. The predicted octanol–water partition coefficient (Wildman–Crippen LogP) is 8.23. The van der Waals surface area contributed by atoms with Crippen molar-refractivity contribution in [3.8, 4) is 11.5 Å². The van der Waals surface area contributed by atoms with Crippen molar-refractivity contribution in [3.05, 3.63) is 136 Å². The third kappa shape index (κ3) is 7.02. The van der Waals surface area contributed by atoms with E-state index in [-0.39, 0.29) is 22.3 Å². The Morgan fingerprint density at radius 1 is 0.957 bits per heavy atom. The molecule has 0 aliphatic carbocycles. The molecule has 0 bridgehead atoms. The fraction of sp³-hybridized carbons (Fsp3) is 0.143. The number of benzene rings is 4. The maximum Gasteiger partial charge on any atom is 0.301 e. The first-order valence-electron chi connectivity index (χ1n) is 14.5. The van der Waals surface area contributed by atoms with Crippen LogP contribution in [0.15, 0.2) is 107 Å². The fourth-order valence-electron chi connectivity index (χ4n) is 5.04. The number of aromatic nitrogens is 2. The van der Waals surface area contributed by atoms with E-state index in [1.165, 1.54) is 22.7 Å². The molecule has 0 radical (unpaired) electrons. The second-order valence-corrected chi connectivity index (χ2v) is 12.9. The van der Waals surface area contributed by atoms with Gasteiger partial charge in [-0.25, -0.2) is 4.39 Å². The number of ketones is 1. The summed E-state index contributed by atoms with van der Waals surface area (Å²) < 4.78 is 26.7. The van der Waals surface area contributed by atoms with Crippen molar-refractivity contribution in [1.82, 2.24) is 10.2 Å². The summed E-state index contributed by atoms with van der Waals surface area (Å²) in [5, 5.41) is 20.5. The van der Waals surface area contributed by atoms with Crippen LogP contribution in [-0.2, 0) is 21.9 Å². The van der Waals surface area contributed by atoms with Gasteiger partial charge in [0.05, 0.1) is 18.2 Å². The summed E-state index contributed by atoms with van der Waals surface area (Å²) in [7, 11) is 0. The van der Waals surface area contributed by atoms with Gasteiger partial charge in [-0.1, -0.05) is 89.3 Å². The van der Waals surface area contributed by atoms with Crippen LogP contribution in [0.4, 0.5) is 9.52 Å². The van der Waals surface area contributed by atoms with Gasteiger partial charge in [-0.2, -0.15) is 0 Å². The number of rotatable bonds is 11. The Hall–Kier alpha value is -4.71. The predicted molar refractivity (Wildman–Crippen MR) is 180 cm³/mol. The van der Waals surface area contributed by atoms with Gasteiger partial charge in [0.15, 0.2) is 15.8 Å². The van der Waals surface area contributed by atoms with Crippen molar-refractivity contribution in [2.45, 2.75) is 29.7 Å². The Morgan fingerprint density at radius 2 is 1.70 bits per heavy atom. The van der Waals surface area contributed by atoms with E-state index >= 15 is 0 Å². The summed E-state index contributed by atoms with van der Waals surface area (Å²) in [6, 6.07) is 26.4. The molecule has 1 atom stereocenters. The van der Waals surface area contributed by atoms with Crippen LogP contribution in [0.5, 0.6) is 11.5 Å². The lowest BCUT2D eigenvalue weighted by Crippen LogP contribution is -2.29. The van der Waals surface area contributed by atoms with E-state index in [1.54, 1.807) is 60.7 Å². The molecular weight excluding hydrogens is 661 g/mol. The van der Waals surface area contributed by atoms with Crippen LogP contribution in [0.1, 0.15) is 35.2 Å². The molecule has 47 heavy (non-hydrogen) atoms. The summed E-state index contributed by atoms with van der Waals surface area (Å²) in [5.74, 6) is -1.31. The molecular formula is C35H27ClFN3O5S2. The lowest BCUT2D eigenvalue weighted by atomic mass is 9.95. The van der Waals surface area contributed by atoms with Crippen molar-refractivity contribution in [1.29, 1.82) is 0 Å². The highest BCUT2D eigenvalue weighted by molar-refractivity contribution is 8.00. The molecule has 6 rings (SSSR count). The van der Waals surface area contributed by atoms with Crippen LogP contribution in [0.25, 0.3) is 5.76 Å². The van der Waals surface area contributed by atoms with Gasteiger partial charge in [-0.15, -0.1) is 10.2 Å². The topological polar surface area (TPSA) is 102 Å². The number of nitrogens with zero attached hydrogens (tertiary/aromatic N) is 3. The zero-order valence-electron chi connectivity index (χ0n) is 24.9. The van der Waals surface area contributed by atoms with E-state index in [0.717, 1.165) is 16.9 Å². The largest absolute Gasteiger partial charge is 0.507 e. The van der Waals surface area contributed by atoms with E-state index in [0.29, 0.717) is 56.5 Å². The van der Waals surface area contributed by atoms with Crippen molar-refractivity contribution in [2.24, 2.45) is 0 Å². The monoisotopic (exact) mass is 687 g/mol. The normalized spacial score (nSPS) is 15.6. The van der Waals surface area contributed by atoms with Gasteiger partial charge in [0.1, 0.15) is 18.2 Å². The molecule has 5 aromatic rings. The van der Waals surface area contributed by atoms with E-state index in [9.17, 15) is 19.1 Å². The molecule has 4 aromatic carbocycles. The highest BCUT2D eigenvalue weighted by Gasteiger charge is 2.48. The third-order valence-corrected chi connectivity index (χ3v) is 9.65. The van der Waals surface area contributed by atoms with E-state index in [1.807, 2.05) is 37.3 Å². The van der Waals surface area contributed by atoms with E-state index in [4.69, 9.17) is 21.1 Å².